The summed E-state index contributed by atoms with van der Waals surface area (Å²) in [7, 11) is 0. The monoisotopic (exact) mass is 519 g/mol. The molecule has 4 atom stereocenters. The van der Waals surface area contributed by atoms with Gasteiger partial charge in [-0.3, -0.25) is 0 Å². The zero-order valence-corrected chi connectivity index (χ0v) is 23.0. The van der Waals surface area contributed by atoms with Crippen LogP contribution in [0.25, 0.3) is 0 Å². The van der Waals surface area contributed by atoms with E-state index in [0.717, 1.165) is 31.6 Å². The van der Waals surface area contributed by atoms with Crippen molar-refractivity contribution in [3.05, 3.63) is 24.3 Å². The summed E-state index contributed by atoms with van der Waals surface area (Å²) in [5.41, 5.74) is -0.0217. The van der Waals surface area contributed by atoms with Gasteiger partial charge in [0.25, 0.3) is 0 Å². The minimum absolute atomic E-state index is 0.166. The van der Waals surface area contributed by atoms with Gasteiger partial charge in [-0.15, -0.1) is 0 Å². The van der Waals surface area contributed by atoms with Gasteiger partial charge in [0.2, 0.25) is 5.95 Å². The Hall–Kier alpha value is -2.62. The Labute approximate surface area is 219 Å². The second-order valence-corrected chi connectivity index (χ2v) is 12.5. The average molecular weight is 520 g/mol. The van der Waals surface area contributed by atoms with Crippen LogP contribution in [-0.4, -0.2) is 88.5 Å². The van der Waals surface area contributed by atoms with Gasteiger partial charge >= 0.3 is 12.2 Å². The standard InChI is InChI=1S/C16H22FN3O2.C11H20N2O2/c1-16(2,3)22-15(21)19-9-12-4-5-13(10-19)20(12)11-6-7-18-14(17)8-11;1-11(2,3)15-10(14)13-6-8-4-5-9(7-13)12-8/h6-8,12-13H,4-5,9-10H2,1-3H3;8-9,12H,4-7H2,1-3H3/t12-,13+;. The summed E-state index contributed by atoms with van der Waals surface area (Å²) in [6.45, 7) is 14.2. The summed E-state index contributed by atoms with van der Waals surface area (Å²) in [6.07, 6.45) is 5.45. The van der Waals surface area contributed by atoms with E-state index in [0.29, 0.717) is 25.2 Å². The van der Waals surface area contributed by atoms with Gasteiger partial charge in [-0.2, -0.15) is 4.39 Å². The number of likely N-dealkylation sites (tertiary alicyclic amines) is 2. The molecule has 10 heteroatoms. The van der Waals surface area contributed by atoms with Crippen molar-refractivity contribution in [1.29, 1.82) is 0 Å². The highest BCUT2D eigenvalue weighted by atomic mass is 19.1. The molecule has 4 saturated heterocycles. The first-order valence-corrected chi connectivity index (χ1v) is 13.4. The minimum atomic E-state index is -0.485. The Morgan fingerprint density at radius 3 is 1.81 bits per heavy atom. The number of piperazine rings is 2. The van der Waals surface area contributed by atoms with Gasteiger partial charge in [0.1, 0.15) is 11.2 Å². The van der Waals surface area contributed by atoms with Gasteiger partial charge in [-0.05, 0) is 73.3 Å². The van der Waals surface area contributed by atoms with E-state index < -0.39 is 11.5 Å². The molecular formula is C27H42FN5O4. The van der Waals surface area contributed by atoms with Crippen molar-refractivity contribution < 1.29 is 23.5 Å². The van der Waals surface area contributed by atoms with Crippen LogP contribution >= 0.6 is 0 Å². The molecule has 0 aromatic carbocycles. The fourth-order valence-electron chi connectivity index (χ4n) is 5.63. The van der Waals surface area contributed by atoms with Gasteiger partial charge in [0, 0.05) is 68.3 Å². The first kappa shape index (κ1) is 27.4. The number of fused-ring (bicyclic) bond motifs is 4. The zero-order valence-electron chi connectivity index (χ0n) is 23.0. The molecule has 37 heavy (non-hydrogen) atoms. The predicted molar refractivity (Wildman–Crippen MR) is 139 cm³/mol. The lowest BCUT2D eigenvalue weighted by Crippen LogP contribution is -2.56. The molecule has 2 amide bonds. The highest BCUT2D eigenvalue weighted by Gasteiger charge is 2.42. The Balaban J connectivity index is 0.000000186. The number of halogens is 1. The van der Waals surface area contributed by atoms with E-state index in [1.54, 1.807) is 4.90 Å². The van der Waals surface area contributed by atoms with Gasteiger partial charge in [-0.25, -0.2) is 14.6 Å². The molecule has 5 rings (SSSR count). The average Bonchev–Trinajstić information content (AvgIpc) is 3.25. The Morgan fingerprint density at radius 1 is 0.865 bits per heavy atom. The number of nitrogens with zero attached hydrogens (tertiary/aromatic N) is 4. The normalized spacial score (nSPS) is 26.9. The Bertz CT molecular complexity index is 952. The van der Waals surface area contributed by atoms with Gasteiger partial charge in [-0.1, -0.05) is 0 Å². The summed E-state index contributed by atoms with van der Waals surface area (Å²) in [4.78, 5) is 33.5. The largest absolute Gasteiger partial charge is 0.444 e. The highest BCUT2D eigenvalue weighted by Crippen LogP contribution is 2.35. The Morgan fingerprint density at radius 2 is 1.35 bits per heavy atom. The maximum atomic E-state index is 13.4. The minimum Gasteiger partial charge on any atom is -0.444 e. The molecule has 206 valence electrons. The lowest BCUT2D eigenvalue weighted by molar-refractivity contribution is 0.0186. The fourth-order valence-corrected chi connectivity index (χ4v) is 5.63. The number of anilines is 1. The second-order valence-electron chi connectivity index (χ2n) is 12.5. The maximum absolute atomic E-state index is 13.4. The molecule has 0 radical (unpaired) electrons. The van der Waals surface area contributed by atoms with Crippen LogP contribution in [-0.2, 0) is 9.47 Å². The van der Waals surface area contributed by atoms with Crippen molar-refractivity contribution in [2.75, 3.05) is 31.1 Å². The topological polar surface area (TPSA) is 87.2 Å². The second kappa shape index (κ2) is 10.6. The first-order valence-electron chi connectivity index (χ1n) is 13.4. The third-order valence-corrected chi connectivity index (χ3v) is 7.01. The van der Waals surface area contributed by atoms with Crippen molar-refractivity contribution in [2.24, 2.45) is 0 Å². The summed E-state index contributed by atoms with van der Waals surface area (Å²) >= 11 is 0. The molecule has 9 nitrogen and oxygen atoms in total. The SMILES string of the molecule is CC(C)(C)OC(=O)N1CC2CCC(C1)N2.CC(C)(C)OC(=O)N1C[C@H]2CC[C@@H](C1)N2c1ccnc(F)c1. The number of carbonyl (C=O) groups is 2. The first-order chi connectivity index (χ1) is 17.3. The molecule has 2 unspecified atom stereocenters. The third kappa shape index (κ3) is 7.24. The van der Waals surface area contributed by atoms with Crippen LogP contribution in [0, 0.1) is 5.95 Å². The van der Waals surface area contributed by atoms with Crippen LogP contribution in [0.5, 0.6) is 0 Å². The number of carbonyl (C=O) groups excluding carboxylic acids is 2. The lowest BCUT2D eigenvalue weighted by Gasteiger charge is -2.42. The zero-order chi connectivity index (χ0) is 27.0. The molecule has 4 bridgehead atoms. The van der Waals surface area contributed by atoms with E-state index in [1.807, 2.05) is 52.5 Å². The van der Waals surface area contributed by atoms with Gasteiger partial charge in [0.15, 0.2) is 0 Å². The molecular weight excluding hydrogens is 477 g/mol. The number of ether oxygens (including phenoxy) is 2. The van der Waals surface area contributed by atoms with Gasteiger partial charge in [0.05, 0.1) is 0 Å². The van der Waals surface area contributed by atoms with Crippen LogP contribution in [0.4, 0.5) is 19.7 Å². The lowest BCUT2D eigenvalue weighted by atomic mass is 10.1. The number of pyridine rings is 1. The van der Waals surface area contributed by atoms with E-state index in [-0.39, 0.29) is 29.9 Å². The van der Waals surface area contributed by atoms with Crippen molar-refractivity contribution in [3.8, 4) is 0 Å². The van der Waals surface area contributed by atoms with Crippen LogP contribution in [0.3, 0.4) is 0 Å². The Kier molecular flexibility index (Phi) is 7.88. The third-order valence-electron chi connectivity index (χ3n) is 7.01. The number of rotatable bonds is 1. The van der Waals surface area contributed by atoms with Crippen LogP contribution in [0.2, 0.25) is 0 Å². The van der Waals surface area contributed by atoms with Crippen molar-refractivity contribution >= 4 is 17.9 Å². The number of nitrogens with one attached hydrogen (secondary N) is 1. The van der Waals surface area contributed by atoms with Crippen LogP contribution in [0.1, 0.15) is 67.2 Å². The molecule has 0 saturated carbocycles. The smallest absolute Gasteiger partial charge is 0.410 e. The summed E-state index contributed by atoms with van der Waals surface area (Å²) < 4.78 is 24.2. The molecule has 0 aliphatic carbocycles. The van der Waals surface area contributed by atoms with Crippen LogP contribution < -0.4 is 10.2 Å². The number of hydrogen-bond donors (Lipinski definition) is 1. The molecule has 5 heterocycles. The summed E-state index contributed by atoms with van der Waals surface area (Å²) in [5.74, 6) is -0.466. The molecule has 1 N–H and O–H groups in total. The molecule has 1 aromatic rings. The van der Waals surface area contributed by atoms with Crippen molar-refractivity contribution in [2.45, 2.75) is 103 Å². The quantitative estimate of drug-likeness (QED) is 0.558. The van der Waals surface area contributed by atoms with Gasteiger partial charge < -0.3 is 29.5 Å². The molecule has 4 aliphatic rings. The van der Waals surface area contributed by atoms with Crippen molar-refractivity contribution in [1.82, 2.24) is 20.1 Å². The summed E-state index contributed by atoms with van der Waals surface area (Å²) in [6, 6.07) is 4.69. The maximum Gasteiger partial charge on any atom is 0.410 e. The van der Waals surface area contributed by atoms with Crippen LogP contribution in [0.15, 0.2) is 18.3 Å². The number of amides is 2. The molecule has 4 fully saturated rings. The highest BCUT2D eigenvalue weighted by molar-refractivity contribution is 5.69. The van der Waals surface area contributed by atoms with E-state index in [9.17, 15) is 14.0 Å². The molecule has 4 aliphatic heterocycles. The predicted octanol–water partition coefficient (Wildman–Crippen LogP) is 4.17. The summed E-state index contributed by atoms with van der Waals surface area (Å²) in [5, 5.41) is 3.49. The van der Waals surface area contributed by atoms with E-state index >= 15 is 0 Å². The van der Waals surface area contributed by atoms with E-state index in [1.165, 1.54) is 25.1 Å². The van der Waals surface area contributed by atoms with Crippen molar-refractivity contribution in [3.63, 3.8) is 0 Å². The molecule has 0 spiro atoms. The fraction of sp³-hybridized carbons (Fsp3) is 0.741. The van der Waals surface area contributed by atoms with E-state index in [2.05, 4.69) is 15.2 Å². The molecule has 1 aromatic heterocycles. The number of aromatic nitrogens is 1. The van der Waals surface area contributed by atoms with E-state index in [4.69, 9.17) is 9.47 Å². The number of hydrogen-bond acceptors (Lipinski definition) is 7.